The summed E-state index contributed by atoms with van der Waals surface area (Å²) in [6.07, 6.45) is -2.94. The van der Waals surface area contributed by atoms with E-state index in [9.17, 15) is 32.4 Å². The van der Waals surface area contributed by atoms with Gasteiger partial charge in [0.25, 0.3) is 0 Å². The van der Waals surface area contributed by atoms with E-state index in [2.05, 4.69) is 5.32 Å². The van der Waals surface area contributed by atoms with Gasteiger partial charge in [-0.25, -0.2) is 4.39 Å². The van der Waals surface area contributed by atoms with Crippen molar-refractivity contribution in [3.63, 3.8) is 0 Å². The van der Waals surface area contributed by atoms with Crippen molar-refractivity contribution in [2.75, 3.05) is 0 Å². The lowest BCUT2D eigenvalue weighted by molar-refractivity contribution is -0.164. The average molecular weight is 531 g/mol. The summed E-state index contributed by atoms with van der Waals surface area (Å²) in [4.78, 5) is 24.7. The fourth-order valence-electron chi connectivity index (χ4n) is 4.69. The molecule has 0 spiro atoms. The standard InChI is InChI=1S/C28H30F4N4O2/c1-25(2,29)15-21(36-26(16-33)11-12-26)23(37)35-22(28(30,31)32)19-5-3-17(4-6-19)18-7-9-20(10-8-18)27(13-14-27)24(34)38/h3-10,21-22,36H,11-15H2,1-2H3,(H2,34,38)(H,35,37)/t21-,22-/m0/s1. The molecule has 2 aliphatic rings. The summed E-state index contributed by atoms with van der Waals surface area (Å²) in [6.45, 7) is 2.46. The number of primary amides is 1. The first-order valence-electron chi connectivity index (χ1n) is 12.4. The van der Waals surface area contributed by atoms with E-state index in [-0.39, 0.29) is 11.5 Å². The third kappa shape index (κ3) is 5.99. The van der Waals surface area contributed by atoms with Crippen LogP contribution in [0, 0.1) is 11.3 Å². The van der Waals surface area contributed by atoms with Crippen LogP contribution in [-0.4, -0.2) is 35.2 Å². The minimum atomic E-state index is -4.81. The molecule has 0 unspecified atom stereocenters. The third-order valence-corrected chi connectivity index (χ3v) is 7.27. The molecular weight excluding hydrogens is 500 g/mol. The van der Waals surface area contributed by atoms with Crippen molar-refractivity contribution in [2.45, 2.75) is 80.8 Å². The van der Waals surface area contributed by atoms with Crippen LogP contribution in [0.1, 0.15) is 63.1 Å². The van der Waals surface area contributed by atoms with Crippen LogP contribution in [0.3, 0.4) is 0 Å². The number of rotatable bonds is 10. The molecule has 0 saturated heterocycles. The molecule has 0 aliphatic heterocycles. The zero-order valence-electron chi connectivity index (χ0n) is 21.2. The Balaban J connectivity index is 1.52. The van der Waals surface area contributed by atoms with E-state index in [1.54, 1.807) is 24.3 Å². The van der Waals surface area contributed by atoms with E-state index in [1.807, 2.05) is 11.4 Å². The van der Waals surface area contributed by atoms with Gasteiger partial charge in [0.15, 0.2) is 6.04 Å². The number of alkyl halides is 4. The number of halogens is 4. The molecule has 202 valence electrons. The predicted molar refractivity (Wildman–Crippen MR) is 133 cm³/mol. The van der Waals surface area contributed by atoms with Crippen LogP contribution in [0.5, 0.6) is 0 Å². The molecule has 6 nitrogen and oxygen atoms in total. The van der Waals surface area contributed by atoms with Crippen molar-refractivity contribution in [3.8, 4) is 17.2 Å². The molecule has 2 saturated carbocycles. The fourth-order valence-corrected chi connectivity index (χ4v) is 4.69. The van der Waals surface area contributed by atoms with Crippen molar-refractivity contribution < 1.29 is 27.2 Å². The van der Waals surface area contributed by atoms with E-state index >= 15 is 0 Å². The SMILES string of the molecule is CC(C)(F)C[C@H](NC1(C#N)CC1)C(=O)N[C@@H](c1ccc(-c2ccc(C3(C(N)=O)CC3)cc2)cc1)C(F)(F)F. The molecular formula is C28H30F4N4O2. The molecule has 0 bridgehead atoms. The molecule has 2 amide bonds. The largest absolute Gasteiger partial charge is 0.412 e. The van der Waals surface area contributed by atoms with Crippen molar-refractivity contribution in [3.05, 3.63) is 59.7 Å². The maximum Gasteiger partial charge on any atom is 0.412 e. The van der Waals surface area contributed by atoms with Gasteiger partial charge in [-0.15, -0.1) is 0 Å². The van der Waals surface area contributed by atoms with Crippen LogP contribution in [-0.2, 0) is 15.0 Å². The molecule has 2 atom stereocenters. The number of hydrogen-bond acceptors (Lipinski definition) is 4. The quantitative estimate of drug-likeness (QED) is 0.386. The smallest absolute Gasteiger partial charge is 0.369 e. The van der Waals surface area contributed by atoms with Crippen LogP contribution in [0.2, 0.25) is 0 Å². The minimum Gasteiger partial charge on any atom is -0.369 e. The number of carbonyl (C=O) groups is 2. The van der Waals surface area contributed by atoms with E-state index in [0.29, 0.717) is 31.2 Å². The van der Waals surface area contributed by atoms with Gasteiger partial charge in [-0.2, -0.15) is 18.4 Å². The number of nitrogens with two attached hydrogens (primary N) is 1. The van der Waals surface area contributed by atoms with Gasteiger partial charge in [0.1, 0.15) is 11.2 Å². The summed E-state index contributed by atoms with van der Waals surface area (Å²) < 4.78 is 56.5. The lowest BCUT2D eigenvalue weighted by Gasteiger charge is -2.29. The van der Waals surface area contributed by atoms with Crippen LogP contribution < -0.4 is 16.4 Å². The van der Waals surface area contributed by atoms with Crippen LogP contribution in [0.25, 0.3) is 11.1 Å². The Kier molecular flexibility index (Phi) is 7.04. The van der Waals surface area contributed by atoms with Gasteiger partial charge >= 0.3 is 6.18 Å². The molecule has 2 aliphatic carbocycles. The number of carbonyl (C=O) groups excluding carboxylic acids is 2. The highest BCUT2D eigenvalue weighted by molar-refractivity contribution is 5.90. The second-order valence-electron chi connectivity index (χ2n) is 10.9. The normalized spacial score (nSPS) is 19.1. The van der Waals surface area contributed by atoms with Gasteiger partial charge in [-0.1, -0.05) is 48.5 Å². The highest BCUT2D eigenvalue weighted by Gasteiger charge is 2.50. The molecule has 0 aromatic heterocycles. The van der Waals surface area contributed by atoms with Crippen molar-refractivity contribution in [1.29, 1.82) is 5.26 Å². The summed E-state index contributed by atoms with van der Waals surface area (Å²) in [7, 11) is 0. The summed E-state index contributed by atoms with van der Waals surface area (Å²) >= 11 is 0. The van der Waals surface area contributed by atoms with Crippen molar-refractivity contribution in [2.24, 2.45) is 5.73 Å². The molecule has 2 aromatic carbocycles. The molecule has 0 heterocycles. The maximum absolute atomic E-state index is 14.4. The first-order chi connectivity index (χ1) is 17.7. The van der Waals surface area contributed by atoms with Crippen LogP contribution in [0.15, 0.2) is 48.5 Å². The number of amides is 2. The first kappa shape index (κ1) is 27.6. The number of nitriles is 1. The summed E-state index contributed by atoms with van der Waals surface area (Å²) in [5.74, 6) is -1.40. The Morgan fingerprint density at radius 1 is 0.974 bits per heavy atom. The van der Waals surface area contributed by atoms with Gasteiger partial charge in [-0.3, -0.25) is 14.9 Å². The summed E-state index contributed by atoms with van der Waals surface area (Å²) in [6, 6.07) is 11.2. The molecule has 38 heavy (non-hydrogen) atoms. The molecule has 0 radical (unpaired) electrons. The topological polar surface area (TPSA) is 108 Å². The van der Waals surface area contributed by atoms with E-state index < -0.39 is 47.2 Å². The van der Waals surface area contributed by atoms with Crippen molar-refractivity contribution in [1.82, 2.24) is 10.6 Å². The number of benzene rings is 2. The zero-order valence-corrected chi connectivity index (χ0v) is 21.2. The Hall–Kier alpha value is -3.45. The van der Waals surface area contributed by atoms with Gasteiger partial charge in [-0.05, 0) is 61.8 Å². The second kappa shape index (κ2) is 9.70. The lowest BCUT2D eigenvalue weighted by atomic mass is 9.92. The summed E-state index contributed by atoms with van der Waals surface area (Å²) in [5.41, 5.74) is 4.05. The molecule has 10 heteroatoms. The maximum atomic E-state index is 14.4. The van der Waals surface area contributed by atoms with Crippen molar-refractivity contribution >= 4 is 11.8 Å². The third-order valence-electron chi connectivity index (χ3n) is 7.27. The molecule has 4 N–H and O–H groups in total. The van der Waals surface area contributed by atoms with Gasteiger partial charge in [0.05, 0.1) is 17.5 Å². The Bertz CT molecular complexity index is 1240. The van der Waals surface area contributed by atoms with E-state index in [4.69, 9.17) is 5.73 Å². The van der Waals surface area contributed by atoms with E-state index in [0.717, 1.165) is 11.1 Å². The number of hydrogen-bond donors (Lipinski definition) is 3. The minimum absolute atomic E-state index is 0.184. The predicted octanol–water partition coefficient (Wildman–Crippen LogP) is 4.74. The Labute approximate surface area is 218 Å². The Morgan fingerprint density at radius 2 is 1.50 bits per heavy atom. The second-order valence-corrected chi connectivity index (χ2v) is 10.9. The van der Waals surface area contributed by atoms with Gasteiger partial charge in [0, 0.05) is 6.42 Å². The Morgan fingerprint density at radius 3 is 1.89 bits per heavy atom. The van der Waals surface area contributed by atoms with Gasteiger partial charge < -0.3 is 11.1 Å². The zero-order chi connectivity index (χ0) is 27.9. The average Bonchev–Trinajstić information content (AvgIpc) is 3.76. The number of nitrogens with zero attached hydrogens (tertiary/aromatic N) is 1. The molecule has 2 aromatic rings. The first-order valence-corrected chi connectivity index (χ1v) is 12.4. The molecule has 4 rings (SSSR count). The number of nitrogens with one attached hydrogen (secondary N) is 2. The monoisotopic (exact) mass is 530 g/mol. The molecule has 2 fully saturated rings. The lowest BCUT2D eigenvalue weighted by Crippen LogP contribution is -2.53. The highest BCUT2D eigenvalue weighted by Crippen LogP contribution is 2.48. The summed E-state index contributed by atoms with van der Waals surface area (Å²) in [5, 5.41) is 14.1. The van der Waals surface area contributed by atoms with Gasteiger partial charge in [0.2, 0.25) is 11.8 Å². The highest BCUT2D eigenvalue weighted by atomic mass is 19.4. The van der Waals surface area contributed by atoms with Crippen LogP contribution >= 0.6 is 0 Å². The van der Waals surface area contributed by atoms with Crippen LogP contribution in [0.4, 0.5) is 17.6 Å². The van der Waals surface area contributed by atoms with E-state index in [1.165, 1.54) is 38.1 Å². The fraction of sp³-hybridized carbons (Fsp3) is 0.464.